The molecule has 1 fully saturated rings. The highest BCUT2D eigenvalue weighted by atomic mass is 35.6. The van der Waals surface area contributed by atoms with E-state index >= 15 is 0 Å². The van der Waals surface area contributed by atoms with E-state index in [1.165, 1.54) is 6.07 Å². The number of alkyl halides is 3. The lowest BCUT2D eigenvalue weighted by molar-refractivity contribution is 0.0850. The summed E-state index contributed by atoms with van der Waals surface area (Å²) in [5.74, 6) is -0.620. The maximum Gasteiger partial charge on any atom is 0.349 e. The van der Waals surface area contributed by atoms with Gasteiger partial charge in [0, 0.05) is 18.5 Å². The predicted molar refractivity (Wildman–Crippen MR) is 104 cm³/mol. The molecule has 26 heavy (non-hydrogen) atoms. The van der Waals surface area contributed by atoms with Gasteiger partial charge in [0.05, 0.1) is 0 Å². The first-order valence-corrected chi connectivity index (χ1v) is 9.64. The quantitative estimate of drug-likeness (QED) is 0.603. The van der Waals surface area contributed by atoms with Crippen LogP contribution in [0.4, 0.5) is 0 Å². The smallest absolute Gasteiger partial charge is 0.349 e. The molecular formula is C18H19Cl3N2O3. The Bertz CT molecular complexity index is 839. The molecule has 1 saturated heterocycles. The van der Waals surface area contributed by atoms with Crippen molar-refractivity contribution < 1.29 is 9.21 Å². The summed E-state index contributed by atoms with van der Waals surface area (Å²) in [6, 6.07) is 8.47. The molecule has 0 bridgehead atoms. The van der Waals surface area contributed by atoms with Gasteiger partial charge in [0.1, 0.15) is 17.3 Å². The Labute approximate surface area is 166 Å². The minimum absolute atomic E-state index is 0.113. The Kier molecular flexibility index (Phi) is 6.13. The zero-order valence-electron chi connectivity index (χ0n) is 14.0. The van der Waals surface area contributed by atoms with Gasteiger partial charge >= 0.3 is 5.63 Å². The molecule has 0 radical (unpaired) electrons. The summed E-state index contributed by atoms with van der Waals surface area (Å²) in [6.07, 6.45) is 3.30. The molecule has 1 N–H and O–H groups in total. The van der Waals surface area contributed by atoms with Gasteiger partial charge in [-0.1, -0.05) is 65.8 Å². The van der Waals surface area contributed by atoms with Gasteiger partial charge in [-0.2, -0.15) is 0 Å². The van der Waals surface area contributed by atoms with Gasteiger partial charge in [-0.25, -0.2) is 4.79 Å². The topological polar surface area (TPSA) is 62.6 Å². The van der Waals surface area contributed by atoms with Crippen LogP contribution in [0.25, 0.3) is 11.0 Å². The summed E-state index contributed by atoms with van der Waals surface area (Å²) < 4.78 is 3.49. The van der Waals surface area contributed by atoms with Crippen LogP contribution >= 0.6 is 34.8 Å². The SMILES string of the molecule is O=C(NC(N1CCCCCC1)C(Cl)(Cl)Cl)c1cc2ccccc2oc1=O. The van der Waals surface area contributed by atoms with Crippen molar-refractivity contribution in [1.29, 1.82) is 0 Å². The number of hydrogen-bond donors (Lipinski definition) is 1. The Morgan fingerprint density at radius 3 is 2.42 bits per heavy atom. The van der Waals surface area contributed by atoms with Crippen molar-refractivity contribution in [1.82, 2.24) is 10.2 Å². The van der Waals surface area contributed by atoms with Gasteiger partial charge in [0.15, 0.2) is 0 Å². The van der Waals surface area contributed by atoms with E-state index < -0.39 is 21.5 Å². The van der Waals surface area contributed by atoms with Crippen LogP contribution in [-0.2, 0) is 0 Å². The van der Waals surface area contributed by atoms with Crippen molar-refractivity contribution in [2.75, 3.05) is 13.1 Å². The van der Waals surface area contributed by atoms with Crippen molar-refractivity contribution in [2.45, 2.75) is 35.6 Å². The number of likely N-dealkylation sites (tertiary alicyclic amines) is 1. The van der Waals surface area contributed by atoms with Crippen LogP contribution in [0.5, 0.6) is 0 Å². The fourth-order valence-corrected chi connectivity index (χ4v) is 3.73. The molecule has 0 saturated carbocycles. The van der Waals surface area contributed by atoms with Crippen LogP contribution in [0, 0.1) is 0 Å². The number of hydrogen-bond acceptors (Lipinski definition) is 4. The van der Waals surface area contributed by atoms with Gasteiger partial charge in [-0.3, -0.25) is 9.69 Å². The fourth-order valence-electron chi connectivity index (χ4n) is 3.16. The lowest BCUT2D eigenvalue weighted by Gasteiger charge is -2.35. The van der Waals surface area contributed by atoms with E-state index in [4.69, 9.17) is 39.2 Å². The molecule has 1 aliphatic rings. The number of rotatable bonds is 3. The first-order valence-electron chi connectivity index (χ1n) is 8.51. The first-order chi connectivity index (χ1) is 12.4. The summed E-state index contributed by atoms with van der Waals surface area (Å²) in [4.78, 5) is 26.9. The number of benzene rings is 1. The third-order valence-corrected chi connectivity index (χ3v) is 5.09. The second-order valence-corrected chi connectivity index (χ2v) is 8.72. The normalized spacial score (nSPS) is 17.7. The van der Waals surface area contributed by atoms with Crippen molar-refractivity contribution in [2.24, 2.45) is 0 Å². The van der Waals surface area contributed by atoms with Crippen molar-refractivity contribution in [3.63, 3.8) is 0 Å². The Morgan fingerprint density at radius 1 is 1.12 bits per heavy atom. The lowest BCUT2D eigenvalue weighted by atomic mass is 10.2. The number of nitrogens with one attached hydrogen (secondary N) is 1. The van der Waals surface area contributed by atoms with Gasteiger partial charge in [0.25, 0.3) is 5.91 Å². The molecule has 5 nitrogen and oxygen atoms in total. The van der Waals surface area contributed by atoms with Gasteiger partial charge in [0.2, 0.25) is 3.79 Å². The average molecular weight is 418 g/mol. The molecule has 1 aliphatic heterocycles. The highest BCUT2D eigenvalue weighted by molar-refractivity contribution is 6.68. The molecule has 2 aromatic rings. The van der Waals surface area contributed by atoms with Gasteiger partial charge < -0.3 is 9.73 Å². The molecule has 8 heteroatoms. The van der Waals surface area contributed by atoms with Crippen molar-refractivity contribution in [3.05, 3.63) is 46.3 Å². The zero-order valence-corrected chi connectivity index (χ0v) is 16.3. The molecule has 2 heterocycles. The minimum atomic E-state index is -1.73. The summed E-state index contributed by atoms with van der Waals surface area (Å²) >= 11 is 18.4. The molecule has 3 rings (SSSR count). The number of nitrogens with zero attached hydrogens (tertiary/aromatic N) is 1. The Morgan fingerprint density at radius 2 is 1.77 bits per heavy atom. The van der Waals surface area contributed by atoms with Gasteiger partial charge in [-0.05, 0) is 25.0 Å². The van der Waals surface area contributed by atoms with Crippen LogP contribution < -0.4 is 10.9 Å². The number of carbonyl (C=O) groups is 1. The molecule has 0 aliphatic carbocycles. The van der Waals surface area contributed by atoms with Crippen LogP contribution in [0.15, 0.2) is 39.5 Å². The third kappa shape index (κ3) is 4.52. The maximum absolute atomic E-state index is 12.7. The van der Waals surface area contributed by atoms with Crippen LogP contribution in [0.3, 0.4) is 0 Å². The standard InChI is InChI=1S/C18H19Cl3N2O3/c19-18(20,21)17(23-9-5-1-2-6-10-23)22-15(24)13-11-12-7-3-4-8-14(12)26-16(13)25/h3-4,7-8,11,17H,1-2,5-6,9-10H2,(H,22,24). The second kappa shape index (κ2) is 8.17. The average Bonchev–Trinajstić information content (AvgIpc) is 2.87. The molecule has 140 valence electrons. The first kappa shape index (κ1) is 19.5. The summed E-state index contributed by atoms with van der Waals surface area (Å²) in [6.45, 7) is 1.43. The van der Waals surface area contributed by atoms with E-state index in [0.29, 0.717) is 24.1 Å². The molecule has 1 aromatic carbocycles. The van der Waals surface area contributed by atoms with Crippen LogP contribution in [0.1, 0.15) is 36.0 Å². The number of carbonyl (C=O) groups excluding carboxylic acids is 1. The summed E-state index contributed by atoms with van der Waals surface area (Å²) in [7, 11) is 0. The van der Waals surface area contributed by atoms with Crippen LogP contribution in [-0.4, -0.2) is 33.9 Å². The largest absolute Gasteiger partial charge is 0.422 e. The highest BCUT2D eigenvalue weighted by Crippen LogP contribution is 2.33. The summed E-state index contributed by atoms with van der Waals surface area (Å²) in [5.41, 5.74) is -0.419. The van der Waals surface area contributed by atoms with Gasteiger partial charge in [-0.15, -0.1) is 0 Å². The highest BCUT2D eigenvalue weighted by Gasteiger charge is 2.39. The van der Waals surface area contributed by atoms with E-state index in [0.717, 1.165) is 25.7 Å². The van der Waals surface area contributed by atoms with E-state index in [2.05, 4.69) is 5.32 Å². The zero-order chi connectivity index (χ0) is 18.7. The molecule has 1 atom stereocenters. The molecule has 1 aromatic heterocycles. The van der Waals surface area contributed by atoms with E-state index in [9.17, 15) is 9.59 Å². The Hall–Kier alpha value is -1.27. The second-order valence-electron chi connectivity index (χ2n) is 6.35. The van der Waals surface area contributed by atoms with E-state index in [-0.39, 0.29) is 5.56 Å². The number of para-hydroxylation sites is 1. The number of amides is 1. The minimum Gasteiger partial charge on any atom is -0.422 e. The van der Waals surface area contributed by atoms with Crippen molar-refractivity contribution >= 4 is 51.7 Å². The van der Waals surface area contributed by atoms with E-state index in [1.807, 2.05) is 4.90 Å². The summed E-state index contributed by atoms with van der Waals surface area (Å²) in [5, 5.41) is 3.36. The molecule has 0 spiro atoms. The van der Waals surface area contributed by atoms with Crippen molar-refractivity contribution in [3.8, 4) is 0 Å². The maximum atomic E-state index is 12.7. The fraction of sp³-hybridized carbons (Fsp3) is 0.444. The molecule has 1 amide bonds. The molecule has 1 unspecified atom stereocenters. The monoisotopic (exact) mass is 416 g/mol. The number of halogens is 3. The van der Waals surface area contributed by atoms with Crippen LogP contribution in [0.2, 0.25) is 0 Å². The third-order valence-electron chi connectivity index (χ3n) is 4.47. The Balaban J connectivity index is 1.88. The lowest BCUT2D eigenvalue weighted by Crippen LogP contribution is -2.56. The molecular weight excluding hydrogens is 399 g/mol. The predicted octanol–water partition coefficient (Wildman–Crippen LogP) is 4.10. The van der Waals surface area contributed by atoms with E-state index in [1.54, 1.807) is 24.3 Å². The number of fused-ring (bicyclic) bond motifs is 1.